The van der Waals surface area contributed by atoms with E-state index in [0.29, 0.717) is 17.1 Å². The van der Waals surface area contributed by atoms with Crippen LogP contribution in [0.1, 0.15) is 11.1 Å². The van der Waals surface area contributed by atoms with Crippen LogP contribution in [0.25, 0.3) is 0 Å². The molecule has 2 rings (SSSR count). The summed E-state index contributed by atoms with van der Waals surface area (Å²) in [6, 6.07) is 11.2. The maximum Gasteiger partial charge on any atom is 0.422 e. The molecule has 27 heavy (non-hydrogen) atoms. The van der Waals surface area contributed by atoms with Crippen LogP contribution in [0.3, 0.4) is 0 Å². The molecule has 5 nitrogen and oxygen atoms in total. The van der Waals surface area contributed by atoms with Crippen molar-refractivity contribution in [2.75, 3.05) is 20.8 Å². The highest BCUT2D eigenvalue weighted by Gasteiger charge is 2.28. The van der Waals surface area contributed by atoms with Crippen LogP contribution < -0.4 is 19.5 Å². The Morgan fingerprint density at radius 3 is 2.26 bits per heavy atom. The molecular weight excluding hydrogens is 363 g/mol. The molecule has 0 aliphatic carbocycles. The molecule has 0 radical (unpaired) electrons. The van der Waals surface area contributed by atoms with Crippen LogP contribution in [0.4, 0.5) is 13.2 Å². The monoisotopic (exact) mass is 383 g/mol. The van der Waals surface area contributed by atoms with Crippen molar-refractivity contribution >= 4 is 5.91 Å². The average Bonchev–Trinajstić information content (AvgIpc) is 2.65. The zero-order valence-corrected chi connectivity index (χ0v) is 14.9. The summed E-state index contributed by atoms with van der Waals surface area (Å²) in [5, 5.41) is 2.76. The molecule has 2 aromatic carbocycles. The molecule has 0 atom stereocenters. The van der Waals surface area contributed by atoms with Gasteiger partial charge < -0.3 is 19.5 Å². The van der Waals surface area contributed by atoms with Crippen molar-refractivity contribution in [2.24, 2.45) is 0 Å². The fourth-order valence-electron chi connectivity index (χ4n) is 2.30. The minimum Gasteiger partial charge on any atom is -0.497 e. The lowest BCUT2D eigenvalue weighted by molar-refractivity contribution is -0.153. The molecule has 0 spiro atoms. The normalized spacial score (nSPS) is 11.0. The van der Waals surface area contributed by atoms with E-state index in [9.17, 15) is 18.0 Å². The minimum atomic E-state index is -4.38. The number of methoxy groups -OCH3 is 2. The van der Waals surface area contributed by atoms with Crippen LogP contribution in [0, 0.1) is 0 Å². The number of halogens is 3. The lowest BCUT2D eigenvalue weighted by Gasteiger charge is -2.11. The Morgan fingerprint density at radius 1 is 1.00 bits per heavy atom. The van der Waals surface area contributed by atoms with E-state index in [1.165, 1.54) is 19.2 Å². The summed E-state index contributed by atoms with van der Waals surface area (Å²) >= 11 is 0. The molecule has 0 bridgehead atoms. The van der Waals surface area contributed by atoms with E-state index < -0.39 is 12.8 Å². The smallest absolute Gasteiger partial charge is 0.422 e. The number of benzene rings is 2. The van der Waals surface area contributed by atoms with E-state index in [0.717, 1.165) is 5.56 Å². The maximum atomic E-state index is 12.1. The van der Waals surface area contributed by atoms with Gasteiger partial charge in [-0.05, 0) is 23.8 Å². The van der Waals surface area contributed by atoms with Gasteiger partial charge in [-0.25, -0.2) is 0 Å². The number of carbonyl (C=O) groups is 1. The molecule has 0 heterocycles. The van der Waals surface area contributed by atoms with Gasteiger partial charge in [0.05, 0.1) is 20.6 Å². The first-order chi connectivity index (χ1) is 12.8. The Kier molecular flexibility index (Phi) is 6.92. The van der Waals surface area contributed by atoms with Gasteiger partial charge in [-0.1, -0.05) is 18.2 Å². The lowest BCUT2D eigenvalue weighted by atomic mass is 10.1. The van der Waals surface area contributed by atoms with Gasteiger partial charge in [0.1, 0.15) is 17.2 Å². The second kappa shape index (κ2) is 9.16. The van der Waals surface area contributed by atoms with Gasteiger partial charge in [0.15, 0.2) is 6.61 Å². The summed E-state index contributed by atoms with van der Waals surface area (Å²) in [7, 11) is 3.05. The number of hydrogen-bond donors (Lipinski definition) is 1. The highest BCUT2D eigenvalue weighted by Crippen LogP contribution is 2.25. The molecule has 0 aromatic heterocycles. The van der Waals surface area contributed by atoms with Gasteiger partial charge in [0, 0.05) is 18.2 Å². The molecular formula is C19H20F3NO4. The van der Waals surface area contributed by atoms with Gasteiger partial charge in [-0.3, -0.25) is 4.79 Å². The second-order valence-electron chi connectivity index (χ2n) is 5.68. The fourth-order valence-corrected chi connectivity index (χ4v) is 2.30. The van der Waals surface area contributed by atoms with Crippen molar-refractivity contribution in [3.05, 3.63) is 53.6 Å². The molecule has 0 aliphatic heterocycles. The van der Waals surface area contributed by atoms with Crippen LogP contribution >= 0.6 is 0 Å². The van der Waals surface area contributed by atoms with E-state index in [1.807, 2.05) is 0 Å². The Labute approximate surface area is 155 Å². The number of alkyl halides is 3. The number of hydrogen-bond acceptors (Lipinski definition) is 4. The number of ether oxygens (including phenoxy) is 3. The minimum absolute atomic E-state index is 0.116. The summed E-state index contributed by atoms with van der Waals surface area (Å²) in [4.78, 5) is 12.1. The van der Waals surface area contributed by atoms with Gasteiger partial charge in [0.2, 0.25) is 5.91 Å². The molecule has 0 saturated heterocycles. The Bertz CT molecular complexity index is 761. The predicted octanol–water partition coefficient (Wildman–Crippen LogP) is 3.50. The van der Waals surface area contributed by atoms with Crippen molar-refractivity contribution in [2.45, 2.75) is 19.1 Å². The molecule has 1 amide bonds. The fraction of sp³-hybridized carbons (Fsp3) is 0.316. The van der Waals surface area contributed by atoms with Crippen LogP contribution in [0.5, 0.6) is 17.2 Å². The first-order valence-corrected chi connectivity index (χ1v) is 8.07. The Balaban J connectivity index is 1.87. The van der Waals surface area contributed by atoms with E-state index in [1.54, 1.807) is 37.4 Å². The Morgan fingerprint density at radius 2 is 1.67 bits per heavy atom. The summed E-state index contributed by atoms with van der Waals surface area (Å²) < 4.78 is 51.4. The number of amides is 1. The number of nitrogens with one attached hydrogen (secondary N) is 1. The van der Waals surface area contributed by atoms with Gasteiger partial charge in [0.25, 0.3) is 0 Å². The predicted molar refractivity (Wildman–Crippen MR) is 93.1 cm³/mol. The van der Waals surface area contributed by atoms with Crippen molar-refractivity contribution in [1.82, 2.24) is 5.32 Å². The summed E-state index contributed by atoms with van der Waals surface area (Å²) in [5.74, 6) is 1.08. The third kappa shape index (κ3) is 6.73. The quantitative estimate of drug-likeness (QED) is 0.758. The molecule has 8 heteroatoms. The molecule has 1 N–H and O–H groups in total. The summed E-state index contributed by atoms with van der Waals surface area (Å²) in [6.07, 6.45) is -4.25. The second-order valence-corrected chi connectivity index (χ2v) is 5.68. The first-order valence-electron chi connectivity index (χ1n) is 8.07. The third-order valence-corrected chi connectivity index (χ3v) is 3.66. The van der Waals surface area contributed by atoms with E-state index in [-0.39, 0.29) is 24.6 Å². The largest absolute Gasteiger partial charge is 0.497 e. The topological polar surface area (TPSA) is 56.8 Å². The van der Waals surface area contributed by atoms with Gasteiger partial charge in [-0.15, -0.1) is 0 Å². The third-order valence-electron chi connectivity index (χ3n) is 3.66. The zero-order chi connectivity index (χ0) is 19.9. The Hall–Kier alpha value is -2.90. The molecule has 146 valence electrons. The molecule has 0 unspecified atom stereocenters. The lowest BCUT2D eigenvalue weighted by Crippen LogP contribution is -2.24. The van der Waals surface area contributed by atoms with Gasteiger partial charge >= 0.3 is 6.18 Å². The van der Waals surface area contributed by atoms with Crippen LogP contribution in [0.2, 0.25) is 0 Å². The summed E-state index contributed by atoms with van der Waals surface area (Å²) in [6.45, 7) is -1.09. The highest BCUT2D eigenvalue weighted by atomic mass is 19.4. The number of carbonyl (C=O) groups excluding carboxylic acids is 1. The standard InChI is InChI=1S/C19H20F3NO4/c1-25-16-8-5-14(17(10-16)26-2)9-18(24)23-11-13-3-6-15(7-4-13)27-12-19(20,21)22/h3-8,10H,9,11-12H2,1-2H3,(H,23,24). The molecule has 0 fully saturated rings. The maximum absolute atomic E-state index is 12.1. The average molecular weight is 383 g/mol. The number of rotatable bonds is 8. The van der Waals surface area contributed by atoms with E-state index in [4.69, 9.17) is 9.47 Å². The summed E-state index contributed by atoms with van der Waals surface area (Å²) in [5.41, 5.74) is 1.45. The van der Waals surface area contributed by atoms with Gasteiger partial charge in [-0.2, -0.15) is 13.2 Å². The van der Waals surface area contributed by atoms with Crippen LogP contribution in [0.15, 0.2) is 42.5 Å². The molecule has 0 aliphatic rings. The van der Waals surface area contributed by atoms with Crippen molar-refractivity contribution in [3.63, 3.8) is 0 Å². The van der Waals surface area contributed by atoms with Crippen molar-refractivity contribution in [3.8, 4) is 17.2 Å². The van der Waals surface area contributed by atoms with Crippen LogP contribution in [-0.2, 0) is 17.8 Å². The van der Waals surface area contributed by atoms with Crippen LogP contribution in [-0.4, -0.2) is 32.9 Å². The van der Waals surface area contributed by atoms with Crippen molar-refractivity contribution < 1.29 is 32.2 Å². The zero-order valence-electron chi connectivity index (χ0n) is 14.9. The van der Waals surface area contributed by atoms with Crippen molar-refractivity contribution in [1.29, 1.82) is 0 Å². The van der Waals surface area contributed by atoms with E-state index in [2.05, 4.69) is 10.1 Å². The first kappa shape index (κ1) is 20.4. The highest BCUT2D eigenvalue weighted by molar-refractivity contribution is 5.79. The molecule has 2 aromatic rings. The SMILES string of the molecule is COc1ccc(CC(=O)NCc2ccc(OCC(F)(F)F)cc2)c(OC)c1. The van der Waals surface area contributed by atoms with E-state index >= 15 is 0 Å². The molecule has 0 saturated carbocycles.